The normalized spacial score (nSPS) is 18.4. The number of fused-ring (bicyclic) bond motifs is 4. The number of carbonyl (C=O) groups excluding carboxylic acids is 2. The van der Waals surface area contributed by atoms with E-state index in [1.165, 1.54) is 12.1 Å². The number of benzene rings is 2. The average Bonchev–Trinajstić information content (AvgIpc) is 3.45. The Morgan fingerprint density at radius 3 is 2.24 bits per heavy atom. The first-order valence-corrected chi connectivity index (χ1v) is 15.9. The van der Waals surface area contributed by atoms with Crippen molar-refractivity contribution in [2.24, 2.45) is 0 Å². The van der Waals surface area contributed by atoms with Crippen molar-refractivity contribution in [3.8, 4) is 11.1 Å². The fourth-order valence-electron chi connectivity index (χ4n) is 5.94. The molecule has 46 heavy (non-hydrogen) atoms. The van der Waals surface area contributed by atoms with Gasteiger partial charge in [0.25, 0.3) is 0 Å². The number of carbonyl (C=O) groups is 2. The first kappa shape index (κ1) is 32.0. The van der Waals surface area contributed by atoms with Crippen LogP contribution in [0.3, 0.4) is 0 Å². The minimum Gasteiger partial charge on any atom is -0.444 e. The summed E-state index contributed by atoms with van der Waals surface area (Å²) in [6.45, 7) is 11.1. The van der Waals surface area contributed by atoms with Gasteiger partial charge in [-0.2, -0.15) is 14.4 Å². The summed E-state index contributed by atoms with van der Waals surface area (Å²) in [5, 5.41) is 2.66. The van der Waals surface area contributed by atoms with Crippen LogP contribution in [-0.2, 0) is 9.47 Å². The summed E-state index contributed by atoms with van der Waals surface area (Å²) in [7, 11) is 0. The maximum absolute atomic E-state index is 16.5. The van der Waals surface area contributed by atoms with Crippen molar-refractivity contribution < 1.29 is 32.2 Å². The number of rotatable bonds is 3. The van der Waals surface area contributed by atoms with Gasteiger partial charge in [0.15, 0.2) is 10.9 Å². The second kappa shape index (κ2) is 11.4. The van der Waals surface area contributed by atoms with E-state index in [1.807, 2.05) is 4.90 Å². The largest absolute Gasteiger partial charge is 0.444 e. The standard InChI is InChI=1S/C31H32ClF3N6O4S/c1-30(2,3)44-28(42)39-27-37-23-16(9-10-19(33)24(23)46-27)20-18(32)11-17-22(21(20)34)36-26(35)38-25(17)41-14-7-8-15(41)13-40(12-14)29(43)45-31(4,5)6/h9-11,14-15H,7-8,12-13H2,1-6H3,(H,37,39,42). The molecular weight excluding hydrogens is 645 g/mol. The van der Waals surface area contributed by atoms with E-state index in [2.05, 4.69) is 20.3 Å². The fourth-order valence-corrected chi connectivity index (χ4v) is 7.12. The third kappa shape index (κ3) is 6.11. The lowest BCUT2D eigenvalue weighted by Gasteiger charge is -2.42. The van der Waals surface area contributed by atoms with E-state index in [1.54, 1.807) is 46.4 Å². The number of anilines is 2. The summed E-state index contributed by atoms with van der Waals surface area (Å²) >= 11 is 7.57. The number of thiazole rings is 1. The van der Waals surface area contributed by atoms with Crippen LogP contribution in [0, 0.1) is 17.7 Å². The number of ether oxygens (including phenoxy) is 2. The van der Waals surface area contributed by atoms with E-state index in [0.717, 1.165) is 17.4 Å². The van der Waals surface area contributed by atoms with E-state index < -0.39 is 41.1 Å². The van der Waals surface area contributed by atoms with E-state index in [9.17, 15) is 14.0 Å². The third-order valence-corrected chi connectivity index (χ3v) is 8.86. The number of nitrogens with zero attached hydrogens (tertiary/aromatic N) is 5. The van der Waals surface area contributed by atoms with Crippen LogP contribution >= 0.6 is 22.9 Å². The van der Waals surface area contributed by atoms with Gasteiger partial charge in [0, 0.05) is 41.7 Å². The van der Waals surface area contributed by atoms with E-state index in [-0.39, 0.29) is 60.3 Å². The molecule has 2 bridgehead atoms. The summed E-state index contributed by atoms with van der Waals surface area (Å²) in [6, 6.07) is 3.49. The van der Waals surface area contributed by atoms with E-state index >= 15 is 8.78 Å². The van der Waals surface area contributed by atoms with Crippen molar-refractivity contribution in [1.82, 2.24) is 19.9 Å². The minimum absolute atomic E-state index is 0.0320. The van der Waals surface area contributed by atoms with Crippen molar-refractivity contribution in [2.75, 3.05) is 23.3 Å². The number of piperazine rings is 1. The molecule has 4 aromatic rings. The van der Waals surface area contributed by atoms with Gasteiger partial charge in [-0.1, -0.05) is 22.9 Å². The molecule has 0 spiro atoms. The molecular formula is C31H32ClF3N6O4S. The summed E-state index contributed by atoms with van der Waals surface area (Å²) < 4.78 is 57.3. The molecule has 2 amide bonds. The van der Waals surface area contributed by atoms with Crippen LogP contribution in [0.1, 0.15) is 54.4 Å². The Labute approximate surface area is 271 Å². The van der Waals surface area contributed by atoms with Crippen LogP contribution < -0.4 is 10.2 Å². The molecule has 15 heteroatoms. The molecule has 6 rings (SSSR count). The Kier molecular flexibility index (Phi) is 7.95. The van der Waals surface area contributed by atoms with Crippen LogP contribution in [0.4, 0.5) is 33.7 Å². The number of nitrogens with one attached hydrogen (secondary N) is 1. The molecule has 10 nitrogen and oxygen atoms in total. The zero-order chi connectivity index (χ0) is 33.3. The van der Waals surface area contributed by atoms with Gasteiger partial charge < -0.3 is 19.3 Å². The average molecular weight is 677 g/mol. The summed E-state index contributed by atoms with van der Waals surface area (Å²) in [6.07, 6.45) is -0.932. The lowest BCUT2D eigenvalue weighted by atomic mass is 10.0. The highest BCUT2D eigenvalue weighted by Gasteiger charge is 2.44. The zero-order valence-electron chi connectivity index (χ0n) is 26.0. The van der Waals surface area contributed by atoms with Crippen LogP contribution in [-0.4, -0.2) is 68.4 Å². The molecule has 2 aliphatic heterocycles. The third-order valence-electron chi connectivity index (χ3n) is 7.59. The van der Waals surface area contributed by atoms with Crippen molar-refractivity contribution in [3.05, 3.63) is 40.9 Å². The number of aromatic nitrogens is 3. The predicted molar refractivity (Wildman–Crippen MR) is 170 cm³/mol. The van der Waals surface area contributed by atoms with Gasteiger partial charge in [0.05, 0.1) is 15.2 Å². The topological polar surface area (TPSA) is 110 Å². The Balaban J connectivity index is 1.39. The molecule has 0 aliphatic carbocycles. The SMILES string of the molecule is CC(C)(C)OC(=O)Nc1nc2c(-c3c(Cl)cc4c(N5C6CCC5CN(C(=O)OC(C)(C)C)C6)nc(F)nc4c3F)ccc(F)c2s1. The Morgan fingerprint density at radius 2 is 1.61 bits per heavy atom. The lowest BCUT2D eigenvalue weighted by molar-refractivity contribution is 0.0209. The monoisotopic (exact) mass is 676 g/mol. The van der Waals surface area contributed by atoms with Crippen molar-refractivity contribution in [1.29, 1.82) is 0 Å². The van der Waals surface area contributed by atoms with Gasteiger partial charge in [0.2, 0.25) is 0 Å². The molecule has 2 aromatic heterocycles. The molecule has 1 N–H and O–H groups in total. The molecule has 0 saturated carbocycles. The van der Waals surface area contributed by atoms with Crippen molar-refractivity contribution in [2.45, 2.75) is 77.7 Å². The second-order valence-corrected chi connectivity index (χ2v) is 14.8. The van der Waals surface area contributed by atoms with Gasteiger partial charge in [-0.15, -0.1) is 0 Å². The Bertz CT molecular complexity index is 1880. The maximum atomic E-state index is 16.5. The minimum atomic E-state index is -1.13. The second-order valence-electron chi connectivity index (χ2n) is 13.4. The van der Waals surface area contributed by atoms with Gasteiger partial charge in [-0.25, -0.2) is 23.4 Å². The summed E-state index contributed by atoms with van der Waals surface area (Å²) in [5.41, 5.74) is -1.73. The molecule has 0 radical (unpaired) electrons. The number of hydrogen-bond acceptors (Lipinski definition) is 9. The van der Waals surface area contributed by atoms with Crippen LogP contribution in [0.25, 0.3) is 32.2 Å². The van der Waals surface area contributed by atoms with Gasteiger partial charge >= 0.3 is 18.3 Å². The maximum Gasteiger partial charge on any atom is 0.413 e. The lowest BCUT2D eigenvalue weighted by Crippen LogP contribution is -2.56. The van der Waals surface area contributed by atoms with E-state index in [4.69, 9.17) is 21.1 Å². The quantitative estimate of drug-likeness (QED) is 0.218. The molecule has 2 aromatic carbocycles. The first-order valence-electron chi connectivity index (χ1n) is 14.7. The van der Waals surface area contributed by atoms with Crippen molar-refractivity contribution >= 4 is 67.2 Å². The van der Waals surface area contributed by atoms with Gasteiger partial charge in [-0.05, 0) is 72.6 Å². The summed E-state index contributed by atoms with van der Waals surface area (Å²) in [4.78, 5) is 40.9. The molecule has 2 aliphatic rings. The number of hydrogen-bond donors (Lipinski definition) is 1. The molecule has 2 fully saturated rings. The highest BCUT2D eigenvalue weighted by Crippen LogP contribution is 2.44. The predicted octanol–water partition coefficient (Wildman–Crippen LogP) is 7.91. The smallest absolute Gasteiger partial charge is 0.413 e. The number of amides is 2. The number of likely N-dealkylation sites (tertiary alicyclic amines) is 1. The van der Waals surface area contributed by atoms with Crippen LogP contribution in [0.2, 0.25) is 5.02 Å². The zero-order valence-corrected chi connectivity index (χ0v) is 27.6. The van der Waals surface area contributed by atoms with E-state index in [0.29, 0.717) is 25.9 Å². The Hall–Kier alpha value is -3.91. The molecule has 2 atom stereocenters. The van der Waals surface area contributed by atoms with Crippen LogP contribution in [0.15, 0.2) is 18.2 Å². The molecule has 4 heterocycles. The molecule has 2 saturated heterocycles. The van der Waals surface area contributed by atoms with Gasteiger partial charge in [-0.3, -0.25) is 5.32 Å². The first-order chi connectivity index (χ1) is 21.5. The molecule has 244 valence electrons. The fraction of sp³-hybridized carbons (Fsp3) is 0.452. The van der Waals surface area contributed by atoms with Crippen LogP contribution in [0.5, 0.6) is 0 Å². The molecule has 2 unspecified atom stereocenters. The number of halogens is 4. The van der Waals surface area contributed by atoms with Gasteiger partial charge in [0.1, 0.15) is 28.4 Å². The Morgan fingerprint density at radius 1 is 0.957 bits per heavy atom. The highest BCUT2D eigenvalue weighted by molar-refractivity contribution is 7.22. The van der Waals surface area contributed by atoms with Crippen molar-refractivity contribution in [3.63, 3.8) is 0 Å². The highest BCUT2D eigenvalue weighted by atomic mass is 35.5. The summed E-state index contributed by atoms with van der Waals surface area (Å²) in [5.74, 6) is -1.40.